The van der Waals surface area contributed by atoms with Gasteiger partial charge in [0.2, 0.25) is 0 Å². The molecule has 0 saturated carbocycles. The van der Waals surface area contributed by atoms with Gasteiger partial charge in [0, 0.05) is 18.0 Å². The van der Waals surface area contributed by atoms with Gasteiger partial charge in [-0.05, 0) is 55.0 Å². The molecule has 0 unspecified atom stereocenters. The number of anilines is 1. The Labute approximate surface area is 169 Å². The highest BCUT2D eigenvalue weighted by Crippen LogP contribution is 2.26. The van der Waals surface area contributed by atoms with E-state index < -0.39 is 10.0 Å². The van der Waals surface area contributed by atoms with Crippen LogP contribution >= 0.6 is 0 Å². The first kappa shape index (κ1) is 20.3. The topological polar surface area (TPSA) is 97.4 Å². The molecule has 0 radical (unpaired) electrons. The highest BCUT2D eigenvalue weighted by molar-refractivity contribution is 7.92. The molecule has 1 heterocycles. The summed E-state index contributed by atoms with van der Waals surface area (Å²) in [6.07, 6.45) is 3.30. The fourth-order valence-electron chi connectivity index (χ4n) is 2.75. The molecule has 0 bridgehead atoms. The molecule has 2 aromatic carbocycles. The summed E-state index contributed by atoms with van der Waals surface area (Å²) in [7, 11) is -2.44. The zero-order valence-electron chi connectivity index (χ0n) is 16.0. The summed E-state index contributed by atoms with van der Waals surface area (Å²) in [5.41, 5.74) is 1.46. The second kappa shape index (κ2) is 8.74. The summed E-state index contributed by atoms with van der Waals surface area (Å²) < 4.78 is 33.2. The van der Waals surface area contributed by atoms with Gasteiger partial charge in [-0.25, -0.2) is 8.42 Å². The quantitative estimate of drug-likeness (QED) is 0.621. The predicted octanol–water partition coefficient (Wildman–Crippen LogP) is 3.38. The highest BCUT2D eigenvalue weighted by Gasteiger charge is 2.19. The first-order valence-electron chi connectivity index (χ1n) is 8.87. The molecule has 0 saturated heterocycles. The lowest BCUT2D eigenvalue weighted by molar-refractivity contribution is 0.0939. The van der Waals surface area contributed by atoms with E-state index in [1.54, 1.807) is 42.7 Å². The van der Waals surface area contributed by atoms with Gasteiger partial charge in [0.15, 0.2) is 0 Å². The number of para-hydroxylation sites is 2. The van der Waals surface area contributed by atoms with Crippen LogP contribution in [0.1, 0.15) is 28.9 Å². The van der Waals surface area contributed by atoms with E-state index in [4.69, 9.17) is 4.74 Å². The van der Waals surface area contributed by atoms with Crippen molar-refractivity contribution in [2.45, 2.75) is 17.9 Å². The Balaban J connectivity index is 1.80. The fraction of sp³-hybridized carbons (Fsp3) is 0.143. The normalized spacial score (nSPS) is 12.1. The number of rotatable bonds is 7. The first-order valence-corrected chi connectivity index (χ1v) is 10.4. The first-order chi connectivity index (χ1) is 13.9. The van der Waals surface area contributed by atoms with E-state index >= 15 is 0 Å². The van der Waals surface area contributed by atoms with Gasteiger partial charge in [-0.15, -0.1) is 0 Å². The van der Waals surface area contributed by atoms with Crippen LogP contribution in [0.2, 0.25) is 0 Å². The van der Waals surface area contributed by atoms with Gasteiger partial charge in [-0.3, -0.25) is 14.5 Å². The lowest BCUT2D eigenvalue weighted by atomic mass is 10.1. The number of hydrogen-bond acceptors (Lipinski definition) is 5. The minimum Gasteiger partial charge on any atom is -0.495 e. The number of carbonyl (C=O) groups is 1. The van der Waals surface area contributed by atoms with E-state index in [0.29, 0.717) is 11.4 Å². The Morgan fingerprint density at radius 2 is 1.76 bits per heavy atom. The predicted molar refractivity (Wildman–Crippen MR) is 110 cm³/mol. The molecule has 7 nitrogen and oxygen atoms in total. The van der Waals surface area contributed by atoms with Gasteiger partial charge in [0.25, 0.3) is 15.9 Å². The van der Waals surface area contributed by atoms with E-state index in [1.165, 1.54) is 25.3 Å². The van der Waals surface area contributed by atoms with Gasteiger partial charge in [-0.2, -0.15) is 0 Å². The maximum absolute atomic E-state index is 12.8. The van der Waals surface area contributed by atoms with Crippen LogP contribution in [0.15, 0.2) is 78.0 Å². The molecular formula is C21H21N3O4S. The average molecular weight is 411 g/mol. The Morgan fingerprint density at radius 1 is 1.03 bits per heavy atom. The van der Waals surface area contributed by atoms with Gasteiger partial charge in [0.1, 0.15) is 5.75 Å². The number of methoxy groups -OCH3 is 1. The maximum Gasteiger partial charge on any atom is 0.262 e. The smallest absolute Gasteiger partial charge is 0.262 e. The second-order valence-corrected chi connectivity index (χ2v) is 7.99. The molecule has 150 valence electrons. The van der Waals surface area contributed by atoms with E-state index in [-0.39, 0.29) is 22.4 Å². The van der Waals surface area contributed by atoms with Crippen molar-refractivity contribution in [2.24, 2.45) is 0 Å². The number of pyridine rings is 1. The summed E-state index contributed by atoms with van der Waals surface area (Å²) in [5.74, 6) is 0.0276. The summed E-state index contributed by atoms with van der Waals surface area (Å²) >= 11 is 0. The molecule has 29 heavy (non-hydrogen) atoms. The van der Waals surface area contributed by atoms with Crippen molar-refractivity contribution in [3.05, 3.63) is 84.2 Å². The van der Waals surface area contributed by atoms with E-state index in [2.05, 4.69) is 15.0 Å². The maximum atomic E-state index is 12.8. The minimum atomic E-state index is -3.90. The molecular weight excluding hydrogens is 390 g/mol. The zero-order chi connectivity index (χ0) is 20.9. The van der Waals surface area contributed by atoms with Crippen LogP contribution in [0, 0.1) is 0 Å². The molecule has 0 spiro atoms. The number of aromatic nitrogens is 1. The molecule has 0 aliphatic carbocycles. The SMILES string of the molecule is COc1ccccc1NS(=O)(=O)c1cccc(C(=O)N[C@H](C)c2ccncc2)c1. The molecule has 1 amide bonds. The van der Waals surface area contributed by atoms with Crippen LogP contribution in [0.4, 0.5) is 5.69 Å². The summed E-state index contributed by atoms with van der Waals surface area (Å²) in [4.78, 5) is 16.5. The third kappa shape index (κ3) is 4.91. The number of benzene rings is 2. The Hall–Kier alpha value is -3.39. The fourth-order valence-corrected chi connectivity index (χ4v) is 3.87. The summed E-state index contributed by atoms with van der Waals surface area (Å²) in [5, 5.41) is 2.86. The summed E-state index contributed by atoms with van der Waals surface area (Å²) in [6.45, 7) is 1.84. The van der Waals surface area contributed by atoms with Crippen LogP contribution in [-0.4, -0.2) is 26.4 Å². The van der Waals surface area contributed by atoms with Crippen molar-refractivity contribution in [3.63, 3.8) is 0 Å². The number of carbonyl (C=O) groups excluding carboxylic acids is 1. The average Bonchev–Trinajstić information content (AvgIpc) is 2.74. The third-order valence-corrected chi connectivity index (χ3v) is 5.67. The largest absolute Gasteiger partial charge is 0.495 e. The van der Waals surface area contributed by atoms with Crippen molar-refractivity contribution < 1.29 is 17.9 Å². The molecule has 0 aliphatic rings. The molecule has 2 N–H and O–H groups in total. The Morgan fingerprint density at radius 3 is 2.48 bits per heavy atom. The minimum absolute atomic E-state index is 0.0207. The monoisotopic (exact) mass is 411 g/mol. The van der Waals surface area contributed by atoms with Crippen molar-refractivity contribution in [3.8, 4) is 5.75 Å². The molecule has 3 rings (SSSR count). The second-order valence-electron chi connectivity index (χ2n) is 6.31. The van der Waals surface area contributed by atoms with Crippen molar-refractivity contribution >= 4 is 21.6 Å². The Kier molecular flexibility index (Phi) is 6.13. The van der Waals surface area contributed by atoms with Crippen LogP contribution in [0.25, 0.3) is 0 Å². The van der Waals surface area contributed by atoms with Crippen LogP contribution in [0.3, 0.4) is 0 Å². The van der Waals surface area contributed by atoms with Crippen molar-refractivity contribution in [1.82, 2.24) is 10.3 Å². The van der Waals surface area contributed by atoms with Crippen LogP contribution < -0.4 is 14.8 Å². The lowest BCUT2D eigenvalue weighted by Crippen LogP contribution is -2.27. The van der Waals surface area contributed by atoms with Crippen LogP contribution in [-0.2, 0) is 10.0 Å². The molecule has 1 aromatic heterocycles. The number of nitrogens with zero attached hydrogens (tertiary/aromatic N) is 1. The van der Waals surface area contributed by atoms with Gasteiger partial charge < -0.3 is 10.1 Å². The van der Waals surface area contributed by atoms with Crippen molar-refractivity contribution in [1.29, 1.82) is 0 Å². The van der Waals surface area contributed by atoms with E-state index in [1.807, 2.05) is 19.1 Å². The number of hydrogen-bond donors (Lipinski definition) is 2. The molecule has 8 heteroatoms. The number of nitrogens with one attached hydrogen (secondary N) is 2. The van der Waals surface area contributed by atoms with Gasteiger partial charge in [-0.1, -0.05) is 18.2 Å². The molecule has 0 fully saturated rings. The van der Waals surface area contributed by atoms with E-state index in [0.717, 1.165) is 5.56 Å². The number of sulfonamides is 1. The highest BCUT2D eigenvalue weighted by atomic mass is 32.2. The van der Waals surface area contributed by atoms with Gasteiger partial charge in [0.05, 0.1) is 23.7 Å². The standard InChI is InChI=1S/C21H21N3O4S/c1-15(16-10-12-22-13-11-16)23-21(25)17-6-5-7-18(14-17)29(26,27)24-19-8-3-4-9-20(19)28-2/h3-15,24H,1-2H3,(H,23,25)/t15-/m1/s1. The molecule has 1 atom stereocenters. The zero-order valence-corrected chi connectivity index (χ0v) is 16.8. The number of ether oxygens (including phenoxy) is 1. The molecule has 3 aromatic rings. The molecule has 0 aliphatic heterocycles. The third-order valence-electron chi connectivity index (χ3n) is 4.31. The van der Waals surface area contributed by atoms with Gasteiger partial charge >= 0.3 is 0 Å². The lowest BCUT2D eigenvalue weighted by Gasteiger charge is -2.15. The van der Waals surface area contributed by atoms with E-state index in [9.17, 15) is 13.2 Å². The number of amides is 1. The van der Waals surface area contributed by atoms with Crippen LogP contribution in [0.5, 0.6) is 5.75 Å². The summed E-state index contributed by atoms with van der Waals surface area (Å²) in [6, 6.07) is 15.9. The van der Waals surface area contributed by atoms with Crippen molar-refractivity contribution in [2.75, 3.05) is 11.8 Å². The Bertz CT molecular complexity index is 1100.